The monoisotopic (exact) mass is 363 g/mol. The second-order valence-corrected chi connectivity index (χ2v) is 5.83. The van der Waals surface area contributed by atoms with Crippen LogP contribution in [-0.4, -0.2) is 33.3 Å². The van der Waals surface area contributed by atoms with Crippen molar-refractivity contribution in [1.82, 2.24) is 5.32 Å². The number of hydrogen-bond donors (Lipinski definition) is 1. The lowest BCUT2D eigenvalue weighted by molar-refractivity contribution is -0.123. The Kier molecular flexibility index (Phi) is 7.41. The first-order chi connectivity index (χ1) is 12.1. The molecular formula is C19H22ClNO4. The molecule has 0 atom stereocenters. The molecule has 0 saturated carbocycles. The van der Waals surface area contributed by atoms with Gasteiger partial charge in [0, 0.05) is 11.6 Å². The molecule has 0 bridgehead atoms. The zero-order valence-electron chi connectivity index (χ0n) is 14.4. The normalized spacial score (nSPS) is 10.2. The van der Waals surface area contributed by atoms with Gasteiger partial charge in [0.25, 0.3) is 5.91 Å². The van der Waals surface area contributed by atoms with Crippen molar-refractivity contribution in [3.63, 3.8) is 0 Å². The van der Waals surface area contributed by atoms with Crippen molar-refractivity contribution in [3.8, 4) is 17.2 Å². The second-order valence-electron chi connectivity index (χ2n) is 5.39. The Morgan fingerprint density at radius 2 is 1.88 bits per heavy atom. The van der Waals surface area contributed by atoms with Crippen molar-refractivity contribution in [3.05, 3.63) is 53.1 Å². The molecule has 0 fully saturated rings. The van der Waals surface area contributed by atoms with Gasteiger partial charge in [0.05, 0.1) is 14.2 Å². The van der Waals surface area contributed by atoms with Crippen LogP contribution in [0.15, 0.2) is 42.5 Å². The van der Waals surface area contributed by atoms with Crippen molar-refractivity contribution >= 4 is 17.5 Å². The van der Waals surface area contributed by atoms with Crippen LogP contribution in [-0.2, 0) is 11.2 Å². The number of carbonyl (C=O) groups excluding carboxylic acids is 1. The lowest BCUT2D eigenvalue weighted by atomic mass is 10.1. The van der Waals surface area contributed by atoms with E-state index in [9.17, 15) is 4.79 Å². The molecule has 5 nitrogen and oxygen atoms in total. The third-order valence-corrected chi connectivity index (χ3v) is 3.81. The van der Waals surface area contributed by atoms with Crippen LogP contribution in [0.2, 0.25) is 5.02 Å². The molecule has 0 saturated heterocycles. The number of methoxy groups -OCH3 is 2. The minimum Gasteiger partial charge on any atom is -0.493 e. The molecule has 6 heteroatoms. The molecule has 25 heavy (non-hydrogen) atoms. The summed E-state index contributed by atoms with van der Waals surface area (Å²) < 4.78 is 15.9. The first kappa shape index (κ1) is 18.9. The van der Waals surface area contributed by atoms with Gasteiger partial charge >= 0.3 is 0 Å². The molecule has 0 unspecified atom stereocenters. The first-order valence-electron chi connectivity index (χ1n) is 7.98. The van der Waals surface area contributed by atoms with Gasteiger partial charge in [-0.05, 0) is 48.7 Å². The van der Waals surface area contributed by atoms with Gasteiger partial charge in [0.2, 0.25) is 0 Å². The van der Waals surface area contributed by atoms with E-state index in [4.69, 9.17) is 25.8 Å². The van der Waals surface area contributed by atoms with Gasteiger partial charge in [-0.2, -0.15) is 0 Å². The van der Waals surface area contributed by atoms with Gasteiger partial charge in [0.15, 0.2) is 18.1 Å². The van der Waals surface area contributed by atoms with Gasteiger partial charge < -0.3 is 19.5 Å². The Hall–Kier alpha value is -2.40. The summed E-state index contributed by atoms with van der Waals surface area (Å²) in [6.07, 6.45) is 1.65. The maximum atomic E-state index is 11.8. The largest absolute Gasteiger partial charge is 0.493 e. The van der Waals surface area contributed by atoms with Crippen LogP contribution in [0.5, 0.6) is 17.2 Å². The van der Waals surface area contributed by atoms with Crippen LogP contribution < -0.4 is 19.5 Å². The summed E-state index contributed by atoms with van der Waals surface area (Å²) in [7, 11) is 3.22. The highest BCUT2D eigenvalue weighted by Crippen LogP contribution is 2.27. The Bertz CT molecular complexity index is 706. The maximum Gasteiger partial charge on any atom is 0.257 e. The lowest BCUT2D eigenvalue weighted by Gasteiger charge is -2.10. The smallest absolute Gasteiger partial charge is 0.257 e. The number of carbonyl (C=O) groups is 1. The Labute approximate surface area is 152 Å². The molecule has 0 spiro atoms. The third-order valence-electron chi connectivity index (χ3n) is 3.58. The summed E-state index contributed by atoms with van der Waals surface area (Å²) in [5, 5.41) is 3.41. The number of halogens is 1. The number of amides is 1. The second kappa shape index (κ2) is 9.79. The zero-order chi connectivity index (χ0) is 18.1. The van der Waals surface area contributed by atoms with Gasteiger partial charge in [-0.3, -0.25) is 4.79 Å². The lowest BCUT2D eigenvalue weighted by Crippen LogP contribution is -2.29. The fourth-order valence-electron chi connectivity index (χ4n) is 2.31. The highest BCUT2D eigenvalue weighted by Gasteiger charge is 2.06. The van der Waals surface area contributed by atoms with Crippen LogP contribution in [0.25, 0.3) is 0 Å². The van der Waals surface area contributed by atoms with E-state index in [-0.39, 0.29) is 12.5 Å². The van der Waals surface area contributed by atoms with E-state index in [1.54, 1.807) is 38.5 Å². The first-order valence-corrected chi connectivity index (χ1v) is 8.36. The molecule has 0 aliphatic heterocycles. The van der Waals surface area contributed by atoms with Crippen molar-refractivity contribution in [2.45, 2.75) is 12.8 Å². The Balaban J connectivity index is 1.69. The quantitative estimate of drug-likeness (QED) is 0.693. The number of nitrogens with one attached hydrogen (secondary N) is 1. The minimum absolute atomic E-state index is 0.0311. The summed E-state index contributed by atoms with van der Waals surface area (Å²) in [5.74, 6) is 1.83. The van der Waals surface area contributed by atoms with E-state index in [2.05, 4.69) is 5.32 Å². The average Bonchev–Trinajstić information content (AvgIpc) is 2.63. The summed E-state index contributed by atoms with van der Waals surface area (Å²) in [5.41, 5.74) is 1.13. The summed E-state index contributed by atoms with van der Waals surface area (Å²) in [4.78, 5) is 11.8. The number of aryl methyl sites for hydroxylation is 1. The van der Waals surface area contributed by atoms with E-state index >= 15 is 0 Å². The molecule has 2 aromatic carbocycles. The van der Waals surface area contributed by atoms with Gasteiger partial charge in [-0.1, -0.05) is 23.7 Å². The maximum absolute atomic E-state index is 11.8. The molecular weight excluding hydrogens is 342 g/mol. The van der Waals surface area contributed by atoms with Crippen LogP contribution in [0.1, 0.15) is 12.0 Å². The number of rotatable bonds is 9. The van der Waals surface area contributed by atoms with E-state index in [0.717, 1.165) is 18.4 Å². The molecule has 2 aromatic rings. The van der Waals surface area contributed by atoms with E-state index in [1.807, 2.05) is 18.2 Å². The van der Waals surface area contributed by atoms with E-state index < -0.39 is 0 Å². The number of benzene rings is 2. The fourth-order valence-corrected chi connectivity index (χ4v) is 2.49. The van der Waals surface area contributed by atoms with Crippen LogP contribution in [0, 0.1) is 0 Å². The number of hydrogen-bond acceptors (Lipinski definition) is 4. The zero-order valence-corrected chi connectivity index (χ0v) is 15.1. The molecule has 1 amide bonds. The van der Waals surface area contributed by atoms with E-state index in [1.165, 1.54) is 0 Å². The van der Waals surface area contributed by atoms with Crippen molar-refractivity contribution in [2.24, 2.45) is 0 Å². The highest BCUT2D eigenvalue weighted by molar-refractivity contribution is 6.30. The Morgan fingerprint density at radius 3 is 2.60 bits per heavy atom. The Morgan fingerprint density at radius 1 is 1.08 bits per heavy atom. The van der Waals surface area contributed by atoms with Crippen molar-refractivity contribution in [1.29, 1.82) is 0 Å². The minimum atomic E-state index is -0.160. The summed E-state index contributed by atoms with van der Waals surface area (Å²) >= 11 is 5.86. The molecule has 0 radical (unpaired) electrons. The average molecular weight is 364 g/mol. The van der Waals surface area contributed by atoms with Crippen molar-refractivity contribution < 1.29 is 19.0 Å². The molecule has 1 N–H and O–H groups in total. The molecule has 0 heterocycles. The fraction of sp³-hybridized carbons (Fsp3) is 0.316. The van der Waals surface area contributed by atoms with Crippen LogP contribution in [0.3, 0.4) is 0 Å². The third kappa shape index (κ3) is 6.19. The SMILES string of the molecule is COc1ccc(CCCNC(=O)COc2cccc(Cl)c2)cc1OC. The topological polar surface area (TPSA) is 56.8 Å². The number of ether oxygens (including phenoxy) is 3. The van der Waals surface area contributed by atoms with Gasteiger partial charge in [0.1, 0.15) is 5.75 Å². The summed E-state index contributed by atoms with van der Waals surface area (Å²) in [6, 6.07) is 12.8. The predicted molar refractivity (Wildman–Crippen MR) is 97.8 cm³/mol. The molecule has 0 aliphatic carbocycles. The summed E-state index contributed by atoms with van der Waals surface area (Å²) in [6.45, 7) is 0.544. The van der Waals surface area contributed by atoms with Crippen molar-refractivity contribution in [2.75, 3.05) is 27.4 Å². The van der Waals surface area contributed by atoms with Crippen LogP contribution in [0.4, 0.5) is 0 Å². The van der Waals surface area contributed by atoms with E-state index in [0.29, 0.717) is 28.8 Å². The van der Waals surface area contributed by atoms with Crippen LogP contribution >= 0.6 is 11.6 Å². The highest BCUT2D eigenvalue weighted by atomic mass is 35.5. The molecule has 0 aliphatic rings. The molecule has 2 rings (SSSR count). The van der Waals surface area contributed by atoms with Gasteiger partial charge in [-0.25, -0.2) is 0 Å². The predicted octanol–water partition coefficient (Wildman–Crippen LogP) is 3.49. The molecule has 134 valence electrons. The standard InChI is InChI=1S/C19H22ClNO4/c1-23-17-9-8-14(11-18(17)24-2)5-4-10-21-19(22)13-25-16-7-3-6-15(20)12-16/h3,6-9,11-12H,4-5,10,13H2,1-2H3,(H,21,22). The molecule has 0 aromatic heterocycles. The van der Waals surface area contributed by atoms with Gasteiger partial charge in [-0.15, -0.1) is 0 Å².